The zero-order chi connectivity index (χ0) is 13.9. The van der Waals surface area contributed by atoms with E-state index < -0.39 is 0 Å². The molecule has 3 aromatic rings. The summed E-state index contributed by atoms with van der Waals surface area (Å²) in [6, 6.07) is 9.65. The molecular formula is C15H14N4O. The van der Waals surface area contributed by atoms with Gasteiger partial charge < -0.3 is 10.3 Å². The third kappa shape index (κ3) is 2.31. The van der Waals surface area contributed by atoms with Crippen LogP contribution >= 0.6 is 0 Å². The number of hydrogen-bond donors (Lipinski definition) is 1. The van der Waals surface area contributed by atoms with E-state index in [1.54, 1.807) is 12.4 Å². The van der Waals surface area contributed by atoms with E-state index in [4.69, 9.17) is 10.3 Å². The van der Waals surface area contributed by atoms with E-state index in [1.165, 1.54) is 0 Å². The van der Waals surface area contributed by atoms with Crippen LogP contribution in [0.3, 0.4) is 0 Å². The van der Waals surface area contributed by atoms with E-state index in [2.05, 4.69) is 15.1 Å². The van der Waals surface area contributed by atoms with Crippen molar-refractivity contribution in [1.82, 2.24) is 15.1 Å². The third-order valence-corrected chi connectivity index (χ3v) is 3.12. The van der Waals surface area contributed by atoms with E-state index >= 15 is 0 Å². The molecule has 0 amide bonds. The second kappa shape index (κ2) is 5.22. The monoisotopic (exact) mass is 266 g/mol. The normalized spacial score (nSPS) is 10.7. The first-order valence-corrected chi connectivity index (χ1v) is 6.32. The van der Waals surface area contributed by atoms with Crippen molar-refractivity contribution >= 4 is 0 Å². The van der Waals surface area contributed by atoms with Crippen molar-refractivity contribution in [2.75, 3.05) is 0 Å². The molecule has 0 atom stereocenters. The minimum atomic E-state index is 0.500. The standard InChI is InChI=1S/C15H14N4O/c1-10-9-17-7-6-13(10)14-18-15(20-19-14)12-4-2-11(8-16)3-5-12/h2-7,9H,8,16H2,1H3. The molecular weight excluding hydrogens is 252 g/mol. The van der Waals surface area contributed by atoms with Gasteiger partial charge in [0, 0.05) is 30.1 Å². The van der Waals surface area contributed by atoms with Gasteiger partial charge in [0.1, 0.15) is 0 Å². The van der Waals surface area contributed by atoms with Gasteiger partial charge >= 0.3 is 0 Å². The summed E-state index contributed by atoms with van der Waals surface area (Å²) in [4.78, 5) is 8.49. The SMILES string of the molecule is Cc1cnccc1-c1noc(-c2ccc(CN)cc2)n1. The highest BCUT2D eigenvalue weighted by Crippen LogP contribution is 2.23. The van der Waals surface area contributed by atoms with E-state index in [0.717, 1.165) is 22.3 Å². The Balaban J connectivity index is 1.95. The molecule has 0 aliphatic rings. The van der Waals surface area contributed by atoms with Crippen molar-refractivity contribution in [2.45, 2.75) is 13.5 Å². The van der Waals surface area contributed by atoms with Crippen LogP contribution in [0.2, 0.25) is 0 Å². The van der Waals surface area contributed by atoms with Crippen molar-refractivity contribution < 1.29 is 4.52 Å². The highest BCUT2D eigenvalue weighted by molar-refractivity contribution is 5.62. The molecule has 0 spiro atoms. The number of nitrogens with two attached hydrogens (primary N) is 1. The first-order chi connectivity index (χ1) is 9.78. The molecule has 2 N–H and O–H groups in total. The molecule has 0 aliphatic heterocycles. The molecule has 5 heteroatoms. The number of aryl methyl sites for hydroxylation is 1. The summed E-state index contributed by atoms with van der Waals surface area (Å²) >= 11 is 0. The Morgan fingerprint density at radius 2 is 1.95 bits per heavy atom. The Kier molecular flexibility index (Phi) is 3.26. The minimum absolute atomic E-state index is 0.500. The van der Waals surface area contributed by atoms with Gasteiger partial charge in [0.15, 0.2) is 0 Å². The Labute approximate surface area is 116 Å². The molecule has 0 saturated heterocycles. The molecule has 2 aromatic heterocycles. The molecule has 0 radical (unpaired) electrons. The molecule has 3 rings (SSSR count). The highest BCUT2D eigenvalue weighted by atomic mass is 16.5. The molecule has 0 saturated carbocycles. The first-order valence-electron chi connectivity index (χ1n) is 6.32. The molecule has 5 nitrogen and oxygen atoms in total. The van der Waals surface area contributed by atoms with Crippen LogP contribution in [0.25, 0.3) is 22.8 Å². The fraction of sp³-hybridized carbons (Fsp3) is 0.133. The largest absolute Gasteiger partial charge is 0.334 e. The lowest BCUT2D eigenvalue weighted by Gasteiger charge is -1.98. The van der Waals surface area contributed by atoms with Crippen LogP contribution in [0.4, 0.5) is 0 Å². The van der Waals surface area contributed by atoms with E-state index in [9.17, 15) is 0 Å². The average Bonchev–Trinajstić information content (AvgIpc) is 2.97. The molecule has 0 aliphatic carbocycles. The minimum Gasteiger partial charge on any atom is -0.334 e. The van der Waals surface area contributed by atoms with Gasteiger partial charge in [-0.3, -0.25) is 4.98 Å². The molecule has 2 heterocycles. The lowest BCUT2D eigenvalue weighted by molar-refractivity contribution is 0.432. The van der Waals surface area contributed by atoms with Crippen molar-refractivity contribution in [3.05, 3.63) is 53.9 Å². The van der Waals surface area contributed by atoms with E-state index in [1.807, 2.05) is 37.3 Å². The molecule has 0 bridgehead atoms. The maximum Gasteiger partial charge on any atom is 0.258 e. The molecule has 1 aromatic carbocycles. The second-order valence-electron chi connectivity index (χ2n) is 4.51. The Morgan fingerprint density at radius 3 is 2.65 bits per heavy atom. The van der Waals surface area contributed by atoms with Crippen molar-refractivity contribution in [1.29, 1.82) is 0 Å². The zero-order valence-electron chi connectivity index (χ0n) is 11.1. The molecule has 0 unspecified atom stereocenters. The van der Waals surface area contributed by atoms with Crippen LogP contribution in [0.5, 0.6) is 0 Å². The Morgan fingerprint density at radius 1 is 1.15 bits per heavy atom. The first kappa shape index (κ1) is 12.5. The summed E-state index contributed by atoms with van der Waals surface area (Å²) in [5.74, 6) is 1.07. The van der Waals surface area contributed by atoms with Gasteiger partial charge in [-0.25, -0.2) is 0 Å². The number of nitrogens with zero attached hydrogens (tertiary/aromatic N) is 3. The van der Waals surface area contributed by atoms with E-state index in [0.29, 0.717) is 18.3 Å². The lowest BCUT2D eigenvalue weighted by atomic mass is 10.1. The highest BCUT2D eigenvalue weighted by Gasteiger charge is 2.12. The summed E-state index contributed by atoms with van der Waals surface area (Å²) in [6.07, 6.45) is 3.50. The summed E-state index contributed by atoms with van der Waals surface area (Å²) in [6.45, 7) is 2.49. The summed E-state index contributed by atoms with van der Waals surface area (Å²) in [5, 5.41) is 4.03. The van der Waals surface area contributed by atoms with Gasteiger partial charge in [-0.1, -0.05) is 17.3 Å². The summed E-state index contributed by atoms with van der Waals surface area (Å²) in [5.41, 5.74) is 9.47. The smallest absolute Gasteiger partial charge is 0.258 e. The fourth-order valence-corrected chi connectivity index (χ4v) is 1.96. The predicted molar refractivity (Wildman–Crippen MR) is 75.6 cm³/mol. The van der Waals surface area contributed by atoms with Crippen LogP contribution < -0.4 is 5.73 Å². The fourth-order valence-electron chi connectivity index (χ4n) is 1.96. The van der Waals surface area contributed by atoms with Crippen molar-refractivity contribution in [2.24, 2.45) is 5.73 Å². The zero-order valence-corrected chi connectivity index (χ0v) is 11.1. The number of hydrogen-bond acceptors (Lipinski definition) is 5. The maximum atomic E-state index is 5.58. The number of benzene rings is 1. The van der Waals surface area contributed by atoms with Gasteiger partial charge in [-0.15, -0.1) is 0 Å². The van der Waals surface area contributed by atoms with Crippen LogP contribution in [-0.2, 0) is 6.54 Å². The van der Waals surface area contributed by atoms with Gasteiger partial charge in [0.05, 0.1) is 0 Å². The van der Waals surface area contributed by atoms with Gasteiger partial charge in [-0.05, 0) is 36.2 Å². The number of pyridine rings is 1. The predicted octanol–water partition coefficient (Wildman–Crippen LogP) is 2.57. The number of aromatic nitrogens is 3. The van der Waals surface area contributed by atoms with Crippen LogP contribution in [0.1, 0.15) is 11.1 Å². The van der Waals surface area contributed by atoms with Crippen molar-refractivity contribution in [3.8, 4) is 22.8 Å². The van der Waals surface area contributed by atoms with E-state index in [-0.39, 0.29) is 0 Å². The summed E-state index contributed by atoms with van der Waals surface area (Å²) < 4.78 is 5.32. The van der Waals surface area contributed by atoms with Crippen LogP contribution in [0.15, 0.2) is 47.2 Å². The molecule has 0 fully saturated rings. The number of rotatable bonds is 3. The summed E-state index contributed by atoms with van der Waals surface area (Å²) in [7, 11) is 0. The quantitative estimate of drug-likeness (QED) is 0.788. The van der Waals surface area contributed by atoms with Crippen LogP contribution in [-0.4, -0.2) is 15.1 Å². The third-order valence-electron chi connectivity index (χ3n) is 3.12. The van der Waals surface area contributed by atoms with Crippen LogP contribution in [0, 0.1) is 6.92 Å². The van der Waals surface area contributed by atoms with Gasteiger partial charge in [0.2, 0.25) is 5.82 Å². The maximum absolute atomic E-state index is 5.58. The topological polar surface area (TPSA) is 77.8 Å². The van der Waals surface area contributed by atoms with Gasteiger partial charge in [-0.2, -0.15) is 4.98 Å². The van der Waals surface area contributed by atoms with Gasteiger partial charge in [0.25, 0.3) is 5.89 Å². The molecule has 100 valence electrons. The second-order valence-corrected chi connectivity index (χ2v) is 4.51. The Bertz CT molecular complexity index is 719. The molecule has 20 heavy (non-hydrogen) atoms. The lowest BCUT2D eigenvalue weighted by Crippen LogP contribution is -1.95. The Hall–Kier alpha value is -2.53. The average molecular weight is 266 g/mol. The van der Waals surface area contributed by atoms with Crippen molar-refractivity contribution in [3.63, 3.8) is 0 Å².